The van der Waals surface area contributed by atoms with Gasteiger partial charge in [-0.05, 0) is 64.5 Å². The van der Waals surface area contributed by atoms with Crippen molar-refractivity contribution in [2.24, 2.45) is 11.3 Å². The van der Waals surface area contributed by atoms with Gasteiger partial charge in [0.25, 0.3) is 0 Å². The van der Waals surface area contributed by atoms with E-state index in [1.165, 1.54) is 27.7 Å². The molecule has 4 heteroatoms. The Hall–Kier alpha value is -2.30. The lowest BCUT2D eigenvalue weighted by Crippen LogP contribution is -2.37. The molecule has 0 spiro atoms. The van der Waals surface area contributed by atoms with Crippen LogP contribution in [0.1, 0.15) is 84.7 Å². The highest BCUT2D eigenvalue weighted by Crippen LogP contribution is 2.50. The molecule has 2 atom stereocenters. The zero-order valence-electron chi connectivity index (χ0n) is 21.7. The van der Waals surface area contributed by atoms with Crippen LogP contribution in [-0.2, 0) is 10.2 Å². The average Bonchev–Trinajstić information content (AvgIpc) is 2.88. The maximum Gasteiger partial charge on any atom is 0.193 e. The van der Waals surface area contributed by atoms with Gasteiger partial charge in [-0.25, -0.2) is 0 Å². The van der Waals surface area contributed by atoms with Gasteiger partial charge in [0.1, 0.15) is 11.2 Å². The van der Waals surface area contributed by atoms with E-state index in [-0.39, 0.29) is 22.4 Å². The number of allylic oxidation sites excluding steroid dienone is 5. The smallest absolute Gasteiger partial charge is 0.193 e. The summed E-state index contributed by atoms with van der Waals surface area (Å²) in [6.07, 6.45) is 5.18. The average molecular weight is 453 g/mol. The molecule has 0 radical (unpaired) electrons. The zero-order valence-corrected chi connectivity index (χ0v) is 21.7. The molecule has 0 saturated carbocycles. The Balaban J connectivity index is 2.45. The minimum atomic E-state index is -1.44. The van der Waals surface area contributed by atoms with E-state index in [1.54, 1.807) is 12.1 Å². The largest absolute Gasteiger partial charge is 0.383 e. The van der Waals surface area contributed by atoms with Crippen molar-refractivity contribution in [1.29, 1.82) is 0 Å². The summed E-state index contributed by atoms with van der Waals surface area (Å²) in [7, 11) is 0. The maximum atomic E-state index is 12.9. The molecule has 1 aliphatic rings. The number of Topliss-reactive ketones (excluding diaryl/α,β-unsaturated/α-hetero) is 2. The predicted octanol–water partition coefficient (Wildman–Crippen LogP) is 5.73. The second-order valence-corrected chi connectivity index (χ2v) is 11.6. The summed E-state index contributed by atoms with van der Waals surface area (Å²) in [5.74, 6) is -1.10. The first-order chi connectivity index (χ1) is 14.8. The van der Waals surface area contributed by atoms with Crippen molar-refractivity contribution >= 4 is 11.6 Å². The monoisotopic (exact) mass is 452 g/mol. The fourth-order valence-electron chi connectivity index (χ4n) is 4.89. The van der Waals surface area contributed by atoms with E-state index in [4.69, 9.17) is 0 Å². The molecule has 0 amide bonds. The first kappa shape index (κ1) is 26.9. The van der Waals surface area contributed by atoms with E-state index < -0.39 is 17.1 Å². The van der Waals surface area contributed by atoms with Crippen LogP contribution >= 0.6 is 0 Å². The first-order valence-corrected chi connectivity index (χ1v) is 11.5. The normalized spacial score (nSPS) is 22.0. The Morgan fingerprint density at radius 1 is 1.00 bits per heavy atom. The Morgan fingerprint density at radius 2 is 1.52 bits per heavy atom. The Morgan fingerprint density at radius 3 is 1.94 bits per heavy atom. The van der Waals surface area contributed by atoms with E-state index in [0.29, 0.717) is 11.1 Å². The summed E-state index contributed by atoms with van der Waals surface area (Å²) in [6, 6.07) is 7.47. The molecule has 180 valence electrons. The molecule has 0 aliphatic heterocycles. The Kier molecular flexibility index (Phi) is 7.19. The first-order valence-electron chi connectivity index (χ1n) is 11.5. The Bertz CT molecular complexity index is 1010. The van der Waals surface area contributed by atoms with Crippen molar-refractivity contribution in [3.63, 3.8) is 0 Å². The predicted molar refractivity (Wildman–Crippen MR) is 134 cm³/mol. The molecule has 0 heterocycles. The van der Waals surface area contributed by atoms with Crippen molar-refractivity contribution in [2.45, 2.75) is 85.4 Å². The lowest BCUT2D eigenvalue weighted by Gasteiger charge is -2.29. The van der Waals surface area contributed by atoms with Crippen LogP contribution in [0.25, 0.3) is 0 Å². The number of aliphatic hydroxyl groups is 2. The van der Waals surface area contributed by atoms with Crippen molar-refractivity contribution in [3.8, 4) is 0 Å². The van der Waals surface area contributed by atoms with Gasteiger partial charge in [0.05, 0.1) is 5.92 Å². The van der Waals surface area contributed by atoms with Gasteiger partial charge in [-0.1, -0.05) is 74.9 Å². The van der Waals surface area contributed by atoms with Crippen molar-refractivity contribution in [2.75, 3.05) is 0 Å². The lowest BCUT2D eigenvalue weighted by molar-refractivity contribution is -0.136. The van der Waals surface area contributed by atoms with Gasteiger partial charge in [-0.3, -0.25) is 9.59 Å². The number of hydrogen-bond donors (Lipinski definition) is 2. The van der Waals surface area contributed by atoms with Crippen molar-refractivity contribution < 1.29 is 19.8 Å². The van der Waals surface area contributed by atoms with Crippen LogP contribution in [0.2, 0.25) is 0 Å². The third-order valence-corrected chi connectivity index (χ3v) is 6.62. The van der Waals surface area contributed by atoms with Gasteiger partial charge in [0.2, 0.25) is 0 Å². The minimum absolute atomic E-state index is 0.130. The number of benzene rings is 1. The SMILES string of the molecule is C=C(C)C(C(=O)C(C)(C)O)/C(C)=C/C1=CC(C)(c2ccc(C(=O)C(C)(C)O)cc2)CC1(C)C. The summed E-state index contributed by atoms with van der Waals surface area (Å²) >= 11 is 0. The molecule has 0 saturated heterocycles. The van der Waals surface area contributed by atoms with Crippen molar-refractivity contribution in [3.05, 3.63) is 70.8 Å². The summed E-state index contributed by atoms with van der Waals surface area (Å²) in [4.78, 5) is 25.2. The zero-order chi connectivity index (χ0) is 25.6. The molecular weight excluding hydrogens is 412 g/mol. The van der Waals surface area contributed by atoms with Crippen LogP contribution in [-0.4, -0.2) is 33.0 Å². The van der Waals surface area contributed by atoms with Gasteiger partial charge in [-0.2, -0.15) is 0 Å². The standard InChI is InChI=1S/C29H40O4/c1-18(2)23(25(31)28(8,9)33)19(3)15-22-16-29(10,17-26(22,4)5)21-13-11-20(12-14-21)24(30)27(6,7)32/h11-16,23,32-33H,1,17H2,2-10H3/b19-15+. The number of carbonyl (C=O) groups excluding carboxylic acids is 2. The number of ketones is 2. The molecule has 4 nitrogen and oxygen atoms in total. The van der Waals surface area contributed by atoms with E-state index in [0.717, 1.165) is 23.1 Å². The molecule has 0 fully saturated rings. The van der Waals surface area contributed by atoms with E-state index >= 15 is 0 Å². The third kappa shape index (κ3) is 5.80. The highest BCUT2D eigenvalue weighted by Gasteiger charge is 2.41. The second-order valence-electron chi connectivity index (χ2n) is 11.6. The molecule has 2 unspecified atom stereocenters. The second kappa shape index (κ2) is 8.81. The van der Waals surface area contributed by atoms with E-state index in [1.807, 2.05) is 26.0 Å². The van der Waals surface area contributed by atoms with Crippen LogP contribution < -0.4 is 0 Å². The molecule has 0 bridgehead atoms. The van der Waals surface area contributed by atoms with Gasteiger partial charge < -0.3 is 10.2 Å². The molecular formula is C29H40O4. The van der Waals surface area contributed by atoms with E-state index in [9.17, 15) is 19.8 Å². The van der Waals surface area contributed by atoms with Crippen LogP contribution in [0.15, 0.2) is 59.7 Å². The molecule has 1 aromatic rings. The van der Waals surface area contributed by atoms with Gasteiger partial charge in [0, 0.05) is 11.0 Å². The van der Waals surface area contributed by atoms with Gasteiger partial charge >= 0.3 is 0 Å². The molecule has 2 N–H and O–H groups in total. The topological polar surface area (TPSA) is 74.6 Å². The summed E-state index contributed by atoms with van der Waals surface area (Å²) in [5.41, 5.74) is 1.07. The lowest BCUT2D eigenvalue weighted by atomic mass is 9.75. The number of hydrogen-bond acceptors (Lipinski definition) is 4. The van der Waals surface area contributed by atoms with Crippen molar-refractivity contribution in [1.82, 2.24) is 0 Å². The summed E-state index contributed by atoms with van der Waals surface area (Å²) in [5, 5.41) is 20.3. The molecule has 1 aromatic carbocycles. The van der Waals surface area contributed by atoms with Crippen LogP contribution in [0, 0.1) is 11.3 Å². The fraction of sp³-hybridized carbons (Fsp3) is 0.517. The molecule has 1 aliphatic carbocycles. The maximum absolute atomic E-state index is 12.9. The number of carbonyl (C=O) groups is 2. The quantitative estimate of drug-likeness (QED) is 0.390. The Labute approximate surface area is 199 Å². The molecule has 0 aromatic heterocycles. The van der Waals surface area contributed by atoms with Crippen LogP contribution in [0.5, 0.6) is 0 Å². The number of rotatable bonds is 8. The fourth-order valence-corrected chi connectivity index (χ4v) is 4.89. The molecule has 2 rings (SSSR count). The third-order valence-electron chi connectivity index (χ3n) is 6.62. The van der Waals surface area contributed by atoms with Gasteiger partial charge in [-0.15, -0.1) is 0 Å². The van der Waals surface area contributed by atoms with Crippen LogP contribution in [0.3, 0.4) is 0 Å². The molecule has 33 heavy (non-hydrogen) atoms. The summed E-state index contributed by atoms with van der Waals surface area (Å²) < 4.78 is 0. The van der Waals surface area contributed by atoms with Gasteiger partial charge in [0.15, 0.2) is 11.6 Å². The van der Waals surface area contributed by atoms with E-state index in [2.05, 4.69) is 39.5 Å². The minimum Gasteiger partial charge on any atom is -0.383 e. The summed E-state index contributed by atoms with van der Waals surface area (Å²) in [6.45, 7) is 20.3. The highest BCUT2D eigenvalue weighted by atomic mass is 16.3. The van der Waals surface area contributed by atoms with Crippen LogP contribution in [0.4, 0.5) is 0 Å². The highest BCUT2D eigenvalue weighted by molar-refractivity contribution is 6.01.